The van der Waals surface area contributed by atoms with Gasteiger partial charge >= 0.3 is 0 Å². The fraction of sp³-hybridized carbons (Fsp3) is 0.273. The number of hydrogen-bond acceptors (Lipinski definition) is 5. The van der Waals surface area contributed by atoms with Crippen LogP contribution in [0.3, 0.4) is 0 Å². The summed E-state index contributed by atoms with van der Waals surface area (Å²) in [7, 11) is -3.57. The minimum Gasteiger partial charge on any atom is -0.506 e. The van der Waals surface area contributed by atoms with Crippen LogP contribution in [0.5, 0.6) is 5.75 Å². The van der Waals surface area contributed by atoms with Gasteiger partial charge in [0, 0.05) is 18.1 Å². The van der Waals surface area contributed by atoms with Crippen molar-refractivity contribution in [3.63, 3.8) is 0 Å². The summed E-state index contributed by atoms with van der Waals surface area (Å²) in [5.41, 5.74) is 5.49. The van der Waals surface area contributed by atoms with Gasteiger partial charge in [-0.2, -0.15) is 11.8 Å². The molecule has 4 N–H and O–H groups in total. The minimum absolute atomic E-state index is 0.0407. The van der Waals surface area contributed by atoms with E-state index in [0.29, 0.717) is 12.3 Å². The molecule has 0 fully saturated rings. The number of nitrogens with one attached hydrogen (secondary N) is 1. The zero-order valence-corrected chi connectivity index (χ0v) is 11.4. The van der Waals surface area contributed by atoms with Crippen LogP contribution in [0.2, 0.25) is 0 Å². The quantitative estimate of drug-likeness (QED) is 0.303. The van der Waals surface area contributed by atoms with Crippen LogP contribution in [0, 0.1) is 0 Å². The van der Waals surface area contributed by atoms with Crippen LogP contribution >= 0.6 is 11.8 Å². The van der Waals surface area contributed by atoms with E-state index in [1.165, 1.54) is 18.2 Å². The van der Waals surface area contributed by atoms with Crippen LogP contribution < -0.4 is 10.5 Å². The number of thioether (sulfide) groups is 1. The molecule has 0 heterocycles. The Balaban J connectivity index is 2.62. The molecule has 0 aliphatic heterocycles. The summed E-state index contributed by atoms with van der Waals surface area (Å²) in [5.74, 6) is 1.32. The van der Waals surface area contributed by atoms with Gasteiger partial charge in [0.25, 0.3) is 0 Å². The Kier molecular flexibility index (Phi) is 5.52. The lowest BCUT2D eigenvalue weighted by Crippen LogP contribution is -2.26. The summed E-state index contributed by atoms with van der Waals surface area (Å²) in [5, 5.41) is 9.23. The van der Waals surface area contributed by atoms with E-state index in [-0.39, 0.29) is 16.3 Å². The van der Waals surface area contributed by atoms with Crippen LogP contribution in [-0.4, -0.2) is 31.6 Å². The van der Waals surface area contributed by atoms with Crippen molar-refractivity contribution in [3.05, 3.63) is 30.9 Å². The largest absolute Gasteiger partial charge is 0.506 e. The second kappa shape index (κ2) is 6.67. The number of nitrogens with two attached hydrogens (primary N) is 1. The molecule has 100 valence electrons. The van der Waals surface area contributed by atoms with Crippen molar-refractivity contribution in [1.82, 2.24) is 4.72 Å². The number of hydrogen-bond donors (Lipinski definition) is 3. The molecule has 0 aliphatic rings. The molecule has 0 aliphatic carbocycles. The smallest absolute Gasteiger partial charge is 0.240 e. The average Bonchev–Trinajstić information content (AvgIpc) is 2.32. The Hall–Kier alpha value is -1.18. The summed E-state index contributed by atoms with van der Waals surface area (Å²) in [6, 6.07) is 3.80. The SMILES string of the molecule is C=CCSCCNS(=O)(=O)c1ccc(O)c(N)c1. The zero-order chi connectivity index (χ0) is 13.6. The van der Waals surface area contributed by atoms with E-state index in [1.807, 2.05) is 0 Å². The number of sulfonamides is 1. The molecule has 1 rings (SSSR count). The Bertz CT molecular complexity index is 515. The number of aromatic hydroxyl groups is 1. The fourth-order valence-electron chi connectivity index (χ4n) is 1.20. The topological polar surface area (TPSA) is 92.4 Å². The highest BCUT2D eigenvalue weighted by molar-refractivity contribution is 7.99. The molecule has 0 bridgehead atoms. The molecule has 0 radical (unpaired) electrons. The molecule has 18 heavy (non-hydrogen) atoms. The van der Waals surface area contributed by atoms with Crippen molar-refractivity contribution in [2.24, 2.45) is 0 Å². The molecule has 0 saturated heterocycles. The van der Waals surface area contributed by atoms with Crippen molar-refractivity contribution < 1.29 is 13.5 Å². The van der Waals surface area contributed by atoms with Gasteiger partial charge in [0.2, 0.25) is 10.0 Å². The molecule has 0 saturated carbocycles. The van der Waals surface area contributed by atoms with Gasteiger partial charge in [-0.25, -0.2) is 13.1 Å². The number of phenolic OH excluding ortho intramolecular Hbond substituents is 1. The van der Waals surface area contributed by atoms with Gasteiger partial charge in [0.1, 0.15) is 5.75 Å². The highest BCUT2D eigenvalue weighted by Crippen LogP contribution is 2.22. The van der Waals surface area contributed by atoms with E-state index in [2.05, 4.69) is 11.3 Å². The first-order valence-corrected chi connectivity index (χ1v) is 7.88. The highest BCUT2D eigenvalue weighted by Gasteiger charge is 2.14. The molecular formula is C11H16N2O3S2. The van der Waals surface area contributed by atoms with Gasteiger partial charge < -0.3 is 10.8 Å². The maximum absolute atomic E-state index is 11.9. The summed E-state index contributed by atoms with van der Waals surface area (Å²) >= 11 is 1.59. The number of rotatable bonds is 7. The maximum atomic E-state index is 11.9. The third-order valence-electron chi connectivity index (χ3n) is 2.08. The predicted molar refractivity (Wildman–Crippen MR) is 75.2 cm³/mol. The van der Waals surface area contributed by atoms with Gasteiger partial charge in [-0.15, -0.1) is 6.58 Å². The van der Waals surface area contributed by atoms with Gasteiger partial charge in [-0.1, -0.05) is 6.08 Å². The van der Waals surface area contributed by atoms with Crippen LogP contribution in [0.25, 0.3) is 0 Å². The highest BCUT2D eigenvalue weighted by atomic mass is 32.2. The third kappa shape index (κ3) is 4.25. The molecule has 5 nitrogen and oxygen atoms in total. The van der Waals surface area contributed by atoms with Crippen molar-refractivity contribution in [3.8, 4) is 5.75 Å². The second-order valence-corrected chi connectivity index (χ2v) is 6.40. The maximum Gasteiger partial charge on any atom is 0.240 e. The summed E-state index contributed by atoms with van der Waals surface area (Å²) < 4.78 is 26.2. The lowest BCUT2D eigenvalue weighted by molar-refractivity contribution is 0.477. The molecule has 1 aromatic carbocycles. The van der Waals surface area contributed by atoms with E-state index in [4.69, 9.17) is 5.73 Å². The third-order valence-corrected chi connectivity index (χ3v) is 4.51. The molecule has 0 spiro atoms. The average molecular weight is 288 g/mol. The zero-order valence-electron chi connectivity index (χ0n) is 9.80. The number of nitrogen functional groups attached to an aromatic ring is 1. The molecule has 0 atom stereocenters. The standard InChI is InChI=1S/C11H16N2O3S2/c1-2-6-17-7-5-13-18(15,16)9-3-4-11(14)10(12)8-9/h2-4,8,13-14H,1,5-7,12H2. The van der Waals surface area contributed by atoms with Crippen LogP contribution in [0.15, 0.2) is 35.7 Å². The molecule has 0 unspecified atom stereocenters. The van der Waals surface area contributed by atoms with E-state index in [1.54, 1.807) is 17.8 Å². The van der Waals surface area contributed by atoms with Crippen LogP contribution in [-0.2, 0) is 10.0 Å². The Morgan fingerprint density at radius 2 is 2.22 bits per heavy atom. The monoisotopic (exact) mass is 288 g/mol. The molecular weight excluding hydrogens is 272 g/mol. The lowest BCUT2D eigenvalue weighted by atomic mass is 10.3. The lowest BCUT2D eigenvalue weighted by Gasteiger charge is -2.07. The number of phenols is 1. The molecule has 7 heteroatoms. The molecule has 0 amide bonds. The van der Waals surface area contributed by atoms with Gasteiger partial charge in [0.15, 0.2) is 0 Å². The fourth-order valence-corrected chi connectivity index (χ4v) is 2.97. The van der Waals surface area contributed by atoms with Crippen LogP contribution in [0.4, 0.5) is 5.69 Å². The van der Waals surface area contributed by atoms with E-state index in [9.17, 15) is 13.5 Å². The van der Waals surface area contributed by atoms with E-state index < -0.39 is 10.0 Å². The first-order valence-electron chi connectivity index (χ1n) is 5.24. The first kappa shape index (κ1) is 14.9. The van der Waals surface area contributed by atoms with Crippen molar-refractivity contribution >= 4 is 27.5 Å². The second-order valence-electron chi connectivity index (χ2n) is 3.48. The molecule has 0 aromatic heterocycles. The summed E-state index contributed by atoms with van der Waals surface area (Å²) in [4.78, 5) is 0.0477. The van der Waals surface area contributed by atoms with Gasteiger partial charge in [-0.3, -0.25) is 0 Å². The Morgan fingerprint density at radius 1 is 1.50 bits per heavy atom. The Morgan fingerprint density at radius 3 is 2.83 bits per heavy atom. The van der Waals surface area contributed by atoms with E-state index in [0.717, 1.165) is 5.75 Å². The normalized spacial score (nSPS) is 11.3. The van der Waals surface area contributed by atoms with Crippen molar-refractivity contribution in [2.45, 2.75) is 4.90 Å². The minimum atomic E-state index is -3.57. The number of benzene rings is 1. The summed E-state index contributed by atoms with van der Waals surface area (Å²) in [6.45, 7) is 3.91. The summed E-state index contributed by atoms with van der Waals surface area (Å²) in [6.07, 6.45) is 1.76. The first-order chi connectivity index (χ1) is 8.47. The van der Waals surface area contributed by atoms with E-state index >= 15 is 0 Å². The van der Waals surface area contributed by atoms with Crippen molar-refractivity contribution in [1.29, 1.82) is 0 Å². The van der Waals surface area contributed by atoms with Gasteiger partial charge in [0.05, 0.1) is 10.6 Å². The van der Waals surface area contributed by atoms with Gasteiger partial charge in [-0.05, 0) is 18.2 Å². The predicted octanol–water partition coefficient (Wildman–Crippen LogP) is 1.17. The Labute approximate surface area is 111 Å². The number of anilines is 1. The molecule has 1 aromatic rings. The van der Waals surface area contributed by atoms with Crippen LogP contribution in [0.1, 0.15) is 0 Å². The van der Waals surface area contributed by atoms with Crippen molar-refractivity contribution in [2.75, 3.05) is 23.8 Å².